The second-order valence-corrected chi connectivity index (χ2v) is 9.20. The number of nitrogens with zero attached hydrogens (tertiary/aromatic N) is 2. The topological polar surface area (TPSA) is 56.1 Å². The number of aromatic nitrogens is 2. The third-order valence-electron chi connectivity index (χ3n) is 4.83. The second kappa shape index (κ2) is 9.77. The maximum Gasteiger partial charge on any atom is 0.266 e. The van der Waals surface area contributed by atoms with E-state index in [1.165, 1.54) is 11.3 Å². The van der Waals surface area contributed by atoms with Crippen LogP contribution in [0.4, 0.5) is 5.82 Å². The molecular weight excluding hydrogens is 465 g/mol. The Morgan fingerprint density at radius 3 is 2.72 bits per heavy atom. The van der Waals surface area contributed by atoms with Crippen LogP contribution < -0.4 is 10.1 Å². The van der Waals surface area contributed by atoms with Crippen molar-refractivity contribution < 1.29 is 9.53 Å². The molecule has 0 fully saturated rings. The molecule has 0 bridgehead atoms. The Kier molecular flexibility index (Phi) is 6.84. The van der Waals surface area contributed by atoms with Gasteiger partial charge in [-0.15, -0.1) is 11.3 Å². The average molecular weight is 486 g/mol. The van der Waals surface area contributed by atoms with E-state index in [1.54, 1.807) is 29.1 Å². The van der Waals surface area contributed by atoms with Gasteiger partial charge in [0.15, 0.2) is 5.82 Å². The van der Waals surface area contributed by atoms with Crippen molar-refractivity contribution in [3.05, 3.63) is 97.3 Å². The van der Waals surface area contributed by atoms with Gasteiger partial charge in [0.05, 0.1) is 21.5 Å². The van der Waals surface area contributed by atoms with Crippen LogP contribution in [-0.2, 0) is 13.2 Å². The van der Waals surface area contributed by atoms with Crippen molar-refractivity contribution in [1.29, 1.82) is 0 Å². The fourth-order valence-electron chi connectivity index (χ4n) is 3.11. The molecule has 0 saturated heterocycles. The smallest absolute Gasteiger partial charge is 0.266 e. The maximum absolute atomic E-state index is 12.6. The van der Waals surface area contributed by atoms with E-state index in [2.05, 4.69) is 16.5 Å². The van der Waals surface area contributed by atoms with Gasteiger partial charge >= 0.3 is 0 Å². The molecule has 0 unspecified atom stereocenters. The van der Waals surface area contributed by atoms with E-state index in [1.807, 2.05) is 43.5 Å². The quantitative estimate of drug-likeness (QED) is 0.315. The minimum atomic E-state index is -0.201. The third kappa shape index (κ3) is 5.51. The van der Waals surface area contributed by atoms with Gasteiger partial charge in [0.25, 0.3) is 5.91 Å². The predicted molar refractivity (Wildman–Crippen MR) is 130 cm³/mol. The van der Waals surface area contributed by atoms with Crippen molar-refractivity contribution in [3.8, 4) is 5.75 Å². The van der Waals surface area contributed by atoms with Crippen LogP contribution in [0.5, 0.6) is 5.75 Å². The monoisotopic (exact) mass is 485 g/mol. The minimum absolute atomic E-state index is 0.201. The van der Waals surface area contributed by atoms with Gasteiger partial charge in [-0.05, 0) is 60.2 Å². The molecule has 5 nitrogen and oxygen atoms in total. The van der Waals surface area contributed by atoms with Gasteiger partial charge < -0.3 is 10.1 Å². The molecule has 0 spiro atoms. The zero-order chi connectivity index (χ0) is 22.7. The Labute approximate surface area is 200 Å². The van der Waals surface area contributed by atoms with Gasteiger partial charge in [0.2, 0.25) is 0 Å². The van der Waals surface area contributed by atoms with Crippen molar-refractivity contribution >= 4 is 46.3 Å². The highest BCUT2D eigenvalue weighted by Crippen LogP contribution is 2.24. The van der Waals surface area contributed by atoms with Gasteiger partial charge in [-0.3, -0.25) is 9.48 Å². The van der Waals surface area contributed by atoms with Crippen LogP contribution in [0.3, 0.4) is 0 Å². The SMILES string of the molecule is Cc1ccc(C)c(OCc2csc(C(=O)Nc3ccn(Cc4ccc(Cl)c(Cl)c4)n3)c2)c1. The van der Waals surface area contributed by atoms with Crippen LogP contribution in [0.1, 0.15) is 31.9 Å². The summed E-state index contributed by atoms with van der Waals surface area (Å²) >= 11 is 13.4. The van der Waals surface area contributed by atoms with Crippen LogP contribution in [0.15, 0.2) is 60.1 Å². The van der Waals surface area contributed by atoms with Crippen LogP contribution in [0.2, 0.25) is 10.0 Å². The summed E-state index contributed by atoms with van der Waals surface area (Å²) in [6.45, 7) is 4.98. The number of ether oxygens (including phenoxy) is 1. The highest BCUT2D eigenvalue weighted by atomic mass is 35.5. The number of hydrogen-bond donors (Lipinski definition) is 1. The molecule has 1 N–H and O–H groups in total. The molecule has 0 aliphatic rings. The summed E-state index contributed by atoms with van der Waals surface area (Å²) in [6.07, 6.45) is 1.80. The van der Waals surface area contributed by atoms with Gasteiger partial charge in [-0.1, -0.05) is 41.4 Å². The molecule has 0 aliphatic carbocycles. The Hall–Kier alpha value is -2.80. The van der Waals surface area contributed by atoms with Gasteiger partial charge in [-0.2, -0.15) is 5.10 Å². The fourth-order valence-corrected chi connectivity index (χ4v) is 4.23. The van der Waals surface area contributed by atoms with Crippen molar-refractivity contribution in [1.82, 2.24) is 9.78 Å². The molecule has 0 saturated carbocycles. The zero-order valence-electron chi connectivity index (χ0n) is 17.6. The van der Waals surface area contributed by atoms with Crippen molar-refractivity contribution in [2.75, 3.05) is 5.32 Å². The molecule has 4 rings (SSSR count). The molecule has 32 heavy (non-hydrogen) atoms. The van der Waals surface area contributed by atoms with Crippen molar-refractivity contribution in [2.45, 2.75) is 27.0 Å². The van der Waals surface area contributed by atoms with E-state index in [0.29, 0.717) is 33.9 Å². The van der Waals surface area contributed by atoms with Crippen molar-refractivity contribution in [2.24, 2.45) is 0 Å². The molecule has 0 radical (unpaired) electrons. The van der Waals surface area contributed by atoms with E-state index in [9.17, 15) is 4.79 Å². The number of benzene rings is 2. The lowest BCUT2D eigenvalue weighted by Gasteiger charge is -2.08. The van der Waals surface area contributed by atoms with E-state index < -0.39 is 0 Å². The Morgan fingerprint density at radius 2 is 1.91 bits per heavy atom. The van der Waals surface area contributed by atoms with Crippen LogP contribution >= 0.6 is 34.5 Å². The number of rotatable bonds is 7. The molecule has 4 aromatic rings. The Morgan fingerprint density at radius 1 is 1.06 bits per heavy atom. The number of carbonyl (C=O) groups is 1. The zero-order valence-corrected chi connectivity index (χ0v) is 19.9. The summed E-state index contributed by atoms with van der Waals surface area (Å²) in [5, 5.41) is 10.2. The second-order valence-electron chi connectivity index (χ2n) is 7.48. The summed E-state index contributed by atoms with van der Waals surface area (Å²) < 4.78 is 7.66. The molecule has 1 amide bonds. The van der Waals surface area contributed by atoms with E-state index in [0.717, 1.165) is 28.0 Å². The molecule has 8 heteroatoms. The fraction of sp³-hybridized carbons (Fsp3) is 0.167. The number of nitrogens with one attached hydrogen (secondary N) is 1. The molecule has 164 valence electrons. The number of hydrogen-bond acceptors (Lipinski definition) is 4. The summed E-state index contributed by atoms with van der Waals surface area (Å²) in [7, 11) is 0. The molecular formula is C24H21Cl2N3O2S. The first kappa shape index (κ1) is 22.4. The number of amides is 1. The Bertz CT molecular complexity index is 1270. The standard InChI is InChI=1S/C24H21Cl2N3O2S/c1-15-3-4-16(2)21(9-15)31-13-18-11-22(32-14-18)24(30)27-23-7-8-29(28-23)12-17-5-6-19(25)20(26)10-17/h3-11,14H,12-13H2,1-2H3,(H,27,28,30). The molecule has 2 heterocycles. The summed E-state index contributed by atoms with van der Waals surface area (Å²) in [5.41, 5.74) is 4.15. The maximum atomic E-state index is 12.6. The largest absolute Gasteiger partial charge is 0.489 e. The molecule has 2 aromatic heterocycles. The number of thiophene rings is 1. The number of carbonyl (C=O) groups excluding carboxylic acids is 1. The summed E-state index contributed by atoms with van der Waals surface area (Å²) in [5.74, 6) is 1.14. The molecule has 2 aromatic carbocycles. The lowest BCUT2D eigenvalue weighted by Crippen LogP contribution is -2.11. The third-order valence-corrected chi connectivity index (χ3v) is 6.54. The van der Waals surface area contributed by atoms with E-state index in [-0.39, 0.29) is 5.91 Å². The highest BCUT2D eigenvalue weighted by molar-refractivity contribution is 7.12. The molecule has 0 aliphatic heterocycles. The molecule has 0 atom stereocenters. The van der Waals surface area contributed by atoms with Crippen LogP contribution in [0, 0.1) is 13.8 Å². The number of anilines is 1. The number of aryl methyl sites for hydroxylation is 2. The highest BCUT2D eigenvalue weighted by Gasteiger charge is 2.12. The summed E-state index contributed by atoms with van der Waals surface area (Å²) in [6, 6.07) is 15.2. The summed E-state index contributed by atoms with van der Waals surface area (Å²) in [4.78, 5) is 13.2. The van der Waals surface area contributed by atoms with Crippen LogP contribution in [0.25, 0.3) is 0 Å². The first-order valence-electron chi connectivity index (χ1n) is 9.93. The van der Waals surface area contributed by atoms with E-state index >= 15 is 0 Å². The van der Waals surface area contributed by atoms with Gasteiger partial charge in [0, 0.05) is 17.8 Å². The van der Waals surface area contributed by atoms with Gasteiger partial charge in [-0.25, -0.2) is 0 Å². The predicted octanol–water partition coefficient (Wildman–Crippen LogP) is 6.75. The first-order valence-corrected chi connectivity index (χ1v) is 11.6. The van der Waals surface area contributed by atoms with Crippen molar-refractivity contribution in [3.63, 3.8) is 0 Å². The lowest BCUT2D eigenvalue weighted by molar-refractivity contribution is 0.103. The van der Waals surface area contributed by atoms with E-state index in [4.69, 9.17) is 27.9 Å². The minimum Gasteiger partial charge on any atom is -0.489 e. The normalized spacial score (nSPS) is 10.9. The average Bonchev–Trinajstić information content (AvgIpc) is 3.41. The Balaban J connectivity index is 1.35. The first-order chi connectivity index (χ1) is 15.4. The van der Waals surface area contributed by atoms with Gasteiger partial charge in [0.1, 0.15) is 12.4 Å². The number of halogens is 2. The lowest BCUT2D eigenvalue weighted by atomic mass is 10.1. The van der Waals surface area contributed by atoms with Crippen LogP contribution in [-0.4, -0.2) is 15.7 Å².